The Bertz CT molecular complexity index is 1090. The van der Waals surface area contributed by atoms with E-state index in [1.807, 2.05) is 0 Å². The van der Waals surface area contributed by atoms with Crippen molar-refractivity contribution >= 4 is 11.9 Å². The molecule has 5 fully saturated rings. The molecule has 0 aromatic rings. The van der Waals surface area contributed by atoms with Crippen LogP contribution >= 0.6 is 0 Å². The maximum Gasteiger partial charge on any atom is 0.407 e. The Balaban J connectivity index is 1.38. The largest absolute Gasteiger partial charge is 0.446 e. The number of alkyl carbamates (subject to hydrolysis) is 1. The molecule has 6 aliphatic carbocycles. The Morgan fingerprint density at radius 2 is 1.56 bits per heavy atom. The summed E-state index contributed by atoms with van der Waals surface area (Å²) in [6.45, 7) is 19.7. The molecule has 6 rings (SSSR count). The second kappa shape index (κ2) is 8.84. The smallest absolute Gasteiger partial charge is 0.407 e. The molecular weight excluding hydrogens is 482 g/mol. The molecule has 8 atom stereocenters. The summed E-state index contributed by atoms with van der Waals surface area (Å²) in [6, 6.07) is 0.167. The number of Topliss-reactive ketones (excluding diaryl/α,β-unsaturated/α-hetero) is 1. The van der Waals surface area contributed by atoms with Gasteiger partial charge in [-0.15, -0.1) is 0 Å². The standard InChI is InChI=1S/C35H55NO3/c1-21(2)28-24(37)20-32(5)18-19-33(6)23(29(28)32)12-13-26-34(33,7)17-14-25-31(3,4)16-15-27(35(25,26)8)36-30(38)39-22-10-9-11-22/h21-23,25-27H,9-20H2,1-8H3,(H,36,38)/t23-,25+,26+,27?,32+,33-,34-,35+/m1/s1. The predicted molar refractivity (Wildman–Crippen MR) is 156 cm³/mol. The van der Waals surface area contributed by atoms with Crippen LogP contribution in [0.3, 0.4) is 0 Å². The monoisotopic (exact) mass is 537 g/mol. The van der Waals surface area contributed by atoms with Gasteiger partial charge in [0.05, 0.1) is 0 Å². The molecule has 0 radical (unpaired) electrons. The van der Waals surface area contributed by atoms with E-state index >= 15 is 0 Å². The van der Waals surface area contributed by atoms with Crippen molar-refractivity contribution in [3.05, 3.63) is 11.1 Å². The first-order chi connectivity index (χ1) is 18.2. The van der Waals surface area contributed by atoms with E-state index in [1.165, 1.54) is 44.1 Å². The molecule has 0 spiro atoms. The van der Waals surface area contributed by atoms with E-state index in [4.69, 9.17) is 4.74 Å². The quantitative estimate of drug-likeness (QED) is 0.392. The zero-order valence-corrected chi connectivity index (χ0v) is 26.2. The minimum absolute atomic E-state index is 0.0445. The molecule has 0 aromatic carbocycles. The lowest BCUT2D eigenvalue weighted by atomic mass is 9.32. The van der Waals surface area contributed by atoms with Crippen molar-refractivity contribution in [3.8, 4) is 0 Å². The zero-order valence-electron chi connectivity index (χ0n) is 26.2. The Hall–Kier alpha value is -1.32. The molecule has 4 nitrogen and oxygen atoms in total. The lowest BCUT2D eigenvalue weighted by Crippen LogP contribution is -2.69. The third kappa shape index (κ3) is 3.73. The summed E-state index contributed by atoms with van der Waals surface area (Å²) in [5.74, 6) is 2.40. The number of allylic oxidation sites excluding steroid dienone is 2. The second-order valence-corrected chi connectivity index (χ2v) is 16.8. The van der Waals surface area contributed by atoms with Crippen LogP contribution in [0.2, 0.25) is 0 Å². The Labute approximate surface area is 237 Å². The average molecular weight is 538 g/mol. The van der Waals surface area contributed by atoms with Crippen molar-refractivity contribution < 1.29 is 14.3 Å². The number of ether oxygens (including phenoxy) is 1. The lowest BCUT2D eigenvalue weighted by Gasteiger charge is -2.72. The molecule has 0 saturated heterocycles. The predicted octanol–water partition coefficient (Wildman–Crippen LogP) is 8.63. The van der Waals surface area contributed by atoms with Gasteiger partial charge in [0.15, 0.2) is 5.78 Å². The van der Waals surface area contributed by atoms with E-state index in [1.54, 1.807) is 5.57 Å². The van der Waals surface area contributed by atoms with Crippen LogP contribution in [0.15, 0.2) is 11.1 Å². The van der Waals surface area contributed by atoms with Crippen LogP contribution in [-0.2, 0) is 9.53 Å². The van der Waals surface area contributed by atoms with Gasteiger partial charge in [0.2, 0.25) is 0 Å². The number of amides is 1. The molecule has 0 aliphatic heterocycles. The Morgan fingerprint density at radius 3 is 2.21 bits per heavy atom. The molecular formula is C35H55NO3. The summed E-state index contributed by atoms with van der Waals surface area (Å²) in [5, 5.41) is 3.49. The third-order valence-corrected chi connectivity index (χ3v) is 14.3. The van der Waals surface area contributed by atoms with Gasteiger partial charge in [0, 0.05) is 12.5 Å². The van der Waals surface area contributed by atoms with Crippen molar-refractivity contribution in [3.63, 3.8) is 0 Å². The number of carbonyl (C=O) groups excluding carboxylic acids is 2. The van der Waals surface area contributed by atoms with Crippen LogP contribution in [0.1, 0.15) is 132 Å². The SMILES string of the molecule is CC(C)C1=C2[C@H]3CC[C@@H]4[C@@]5(C)C(NC(=O)OC6CCC6)CCC(C)(C)[C@@H]5CC[C@@]4(C)[C@]3(C)CC[C@@]2(C)CC1=O. The number of ketones is 1. The van der Waals surface area contributed by atoms with E-state index in [-0.39, 0.29) is 45.3 Å². The first-order valence-corrected chi connectivity index (χ1v) is 16.4. The van der Waals surface area contributed by atoms with Gasteiger partial charge in [-0.3, -0.25) is 4.79 Å². The molecule has 5 saturated carbocycles. The van der Waals surface area contributed by atoms with E-state index in [9.17, 15) is 9.59 Å². The highest BCUT2D eigenvalue weighted by Crippen LogP contribution is 2.76. The summed E-state index contributed by atoms with van der Waals surface area (Å²) >= 11 is 0. The zero-order chi connectivity index (χ0) is 28.2. The van der Waals surface area contributed by atoms with Crippen molar-refractivity contribution in [2.75, 3.05) is 0 Å². The molecule has 0 heterocycles. The first kappa shape index (κ1) is 27.8. The van der Waals surface area contributed by atoms with E-state index < -0.39 is 0 Å². The molecule has 39 heavy (non-hydrogen) atoms. The molecule has 1 unspecified atom stereocenters. The highest BCUT2D eigenvalue weighted by atomic mass is 16.6. The van der Waals surface area contributed by atoms with E-state index in [0.29, 0.717) is 29.5 Å². The molecule has 1 amide bonds. The molecule has 0 bridgehead atoms. The molecule has 0 aromatic heterocycles. The van der Waals surface area contributed by atoms with Gasteiger partial charge in [-0.25, -0.2) is 4.79 Å². The maximum atomic E-state index is 13.4. The summed E-state index contributed by atoms with van der Waals surface area (Å²) in [6.07, 6.45) is 13.3. The second-order valence-electron chi connectivity index (χ2n) is 16.8. The maximum absolute atomic E-state index is 13.4. The van der Waals surface area contributed by atoms with Crippen LogP contribution in [0.4, 0.5) is 4.79 Å². The number of hydrogen-bond acceptors (Lipinski definition) is 3. The Morgan fingerprint density at radius 1 is 0.846 bits per heavy atom. The van der Waals surface area contributed by atoms with Gasteiger partial charge < -0.3 is 10.1 Å². The van der Waals surface area contributed by atoms with Gasteiger partial charge in [-0.2, -0.15) is 0 Å². The van der Waals surface area contributed by atoms with Crippen LogP contribution in [0.5, 0.6) is 0 Å². The lowest BCUT2D eigenvalue weighted by molar-refractivity contribution is -0.219. The first-order valence-electron chi connectivity index (χ1n) is 16.4. The topological polar surface area (TPSA) is 55.4 Å². The van der Waals surface area contributed by atoms with Gasteiger partial charge in [0.1, 0.15) is 6.10 Å². The van der Waals surface area contributed by atoms with Crippen LogP contribution in [-0.4, -0.2) is 24.0 Å². The van der Waals surface area contributed by atoms with E-state index in [2.05, 4.69) is 60.7 Å². The fourth-order valence-electron chi connectivity index (χ4n) is 11.9. The fourth-order valence-corrected chi connectivity index (χ4v) is 11.9. The number of nitrogens with one attached hydrogen (secondary N) is 1. The Kier molecular flexibility index (Phi) is 6.31. The van der Waals surface area contributed by atoms with Crippen molar-refractivity contribution in [2.24, 2.45) is 50.7 Å². The van der Waals surface area contributed by atoms with Gasteiger partial charge >= 0.3 is 6.09 Å². The van der Waals surface area contributed by atoms with Crippen LogP contribution < -0.4 is 5.32 Å². The van der Waals surface area contributed by atoms with Gasteiger partial charge in [-0.1, -0.05) is 61.0 Å². The minimum atomic E-state index is -0.179. The van der Waals surface area contributed by atoms with Crippen molar-refractivity contribution in [1.82, 2.24) is 5.32 Å². The highest BCUT2D eigenvalue weighted by Gasteiger charge is 2.70. The molecule has 218 valence electrons. The van der Waals surface area contributed by atoms with Crippen molar-refractivity contribution in [2.45, 2.75) is 145 Å². The summed E-state index contributed by atoms with van der Waals surface area (Å²) in [7, 11) is 0. The average Bonchev–Trinajstić information content (AvgIpc) is 3.09. The fraction of sp³-hybridized carbons (Fsp3) is 0.886. The number of hydrogen-bond donors (Lipinski definition) is 1. The van der Waals surface area contributed by atoms with Crippen LogP contribution in [0, 0.1) is 50.7 Å². The van der Waals surface area contributed by atoms with E-state index in [0.717, 1.165) is 38.5 Å². The summed E-state index contributed by atoms with van der Waals surface area (Å²) in [5.41, 5.74) is 3.51. The normalized spacial score (nSPS) is 47.1. The number of carbonyl (C=O) groups is 2. The minimum Gasteiger partial charge on any atom is -0.446 e. The number of rotatable bonds is 3. The summed E-state index contributed by atoms with van der Waals surface area (Å²) < 4.78 is 5.85. The third-order valence-electron chi connectivity index (χ3n) is 14.3. The highest BCUT2D eigenvalue weighted by molar-refractivity contribution is 6.00. The van der Waals surface area contributed by atoms with Gasteiger partial charge in [-0.05, 0) is 127 Å². The van der Waals surface area contributed by atoms with Crippen molar-refractivity contribution in [1.29, 1.82) is 0 Å². The molecule has 4 heteroatoms. The number of fused-ring (bicyclic) bond motifs is 7. The summed E-state index contributed by atoms with van der Waals surface area (Å²) in [4.78, 5) is 26.5. The molecule has 1 N–H and O–H groups in total. The molecule has 6 aliphatic rings. The van der Waals surface area contributed by atoms with Crippen LogP contribution in [0.25, 0.3) is 0 Å². The van der Waals surface area contributed by atoms with Gasteiger partial charge in [0.25, 0.3) is 0 Å².